The number of anilines is 1. The summed E-state index contributed by atoms with van der Waals surface area (Å²) in [6, 6.07) is 6.08. The van der Waals surface area contributed by atoms with Crippen molar-refractivity contribution in [2.75, 3.05) is 12.4 Å². The maximum atomic E-state index is 11.1. The first-order valence-corrected chi connectivity index (χ1v) is 6.63. The van der Waals surface area contributed by atoms with E-state index in [2.05, 4.69) is 65.5 Å². The highest BCUT2D eigenvalue weighted by Crippen LogP contribution is 2.30. The fraction of sp³-hybridized carbons (Fsp3) is 0.462. The second-order valence-corrected chi connectivity index (χ2v) is 5.71. The molecule has 0 aliphatic carbocycles. The molecule has 17 heavy (non-hydrogen) atoms. The van der Waals surface area contributed by atoms with Crippen molar-refractivity contribution in [2.24, 2.45) is 0 Å². The second kappa shape index (κ2) is 5.71. The Kier molecular flexibility index (Phi) is 4.80. The minimum absolute atomic E-state index is 0.156. The average Bonchev–Trinajstić information content (AvgIpc) is 2.31. The Balaban J connectivity index is 2.98. The average molecular weight is 347 g/mol. The Hall–Kier alpha value is -0.780. The molecular formula is C13H18INO2. The van der Waals surface area contributed by atoms with E-state index in [1.807, 2.05) is 6.07 Å². The van der Waals surface area contributed by atoms with Crippen LogP contribution in [0, 0.1) is 3.57 Å². The summed E-state index contributed by atoms with van der Waals surface area (Å²) in [4.78, 5) is 11.1. The zero-order chi connectivity index (χ0) is 13.1. The molecule has 1 amide bonds. The van der Waals surface area contributed by atoms with E-state index in [0.717, 1.165) is 15.7 Å². The van der Waals surface area contributed by atoms with E-state index in [1.54, 1.807) is 0 Å². The number of amides is 1. The van der Waals surface area contributed by atoms with Crippen LogP contribution in [0.5, 0.6) is 0 Å². The number of ether oxygens (including phenoxy) is 1. The highest BCUT2D eigenvalue weighted by Gasteiger charge is 2.19. The zero-order valence-electron chi connectivity index (χ0n) is 10.6. The molecule has 0 atom stereocenters. The molecule has 0 heterocycles. The van der Waals surface area contributed by atoms with Crippen molar-refractivity contribution in [3.8, 4) is 0 Å². The topological polar surface area (TPSA) is 38.3 Å². The van der Waals surface area contributed by atoms with Crippen LogP contribution in [0.2, 0.25) is 0 Å². The molecule has 0 radical (unpaired) electrons. The maximum absolute atomic E-state index is 11.1. The first-order valence-electron chi connectivity index (χ1n) is 5.55. The van der Waals surface area contributed by atoms with Crippen molar-refractivity contribution in [2.45, 2.75) is 32.6 Å². The molecule has 1 N–H and O–H groups in total. The number of benzene rings is 1. The van der Waals surface area contributed by atoms with Crippen molar-refractivity contribution < 1.29 is 9.53 Å². The second-order valence-electron chi connectivity index (χ2n) is 4.55. The lowest BCUT2D eigenvalue weighted by molar-refractivity contribution is 0.187. The predicted octanol–water partition coefficient (Wildman–Crippen LogP) is 4.16. The van der Waals surface area contributed by atoms with Gasteiger partial charge in [0.05, 0.1) is 12.8 Å². The van der Waals surface area contributed by atoms with E-state index in [4.69, 9.17) is 0 Å². The van der Waals surface area contributed by atoms with Gasteiger partial charge in [-0.15, -0.1) is 0 Å². The van der Waals surface area contributed by atoms with Gasteiger partial charge in [0, 0.05) is 3.57 Å². The van der Waals surface area contributed by atoms with E-state index in [0.29, 0.717) is 0 Å². The van der Waals surface area contributed by atoms with Crippen LogP contribution in [0.3, 0.4) is 0 Å². The van der Waals surface area contributed by atoms with Gasteiger partial charge in [0.1, 0.15) is 0 Å². The standard InChI is InChI=1S/C13H18INO2/c1-5-13(2,3)9-6-7-11(10(14)8-9)15-12(16)17-4/h6-8H,5H2,1-4H3,(H,15,16). The fourth-order valence-electron chi connectivity index (χ4n) is 1.40. The van der Waals surface area contributed by atoms with Crippen LogP contribution in [0.4, 0.5) is 10.5 Å². The van der Waals surface area contributed by atoms with E-state index in [-0.39, 0.29) is 5.41 Å². The minimum atomic E-state index is -0.439. The molecule has 0 saturated carbocycles. The summed E-state index contributed by atoms with van der Waals surface area (Å²) in [7, 11) is 1.36. The van der Waals surface area contributed by atoms with Crippen molar-refractivity contribution >= 4 is 34.4 Å². The van der Waals surface area contributed by atoms with Crippen molar-refractivity contribution in [3.05, 3.63) is 27.3 Å². The molecule has 1 aromatic carbocycles. The number of hydrogen-bond donors (Lipinski definition) is 1. The van der Waals surface area contributed by atoms with Crippen molar-refractivity contribution in [1.29, 1.82) is 0 Å². The molecular weight excluding hydrogens is 329 g/mol. The Labute approximate surface area is 116 Å². The van der Waals surface area contributed by atoms with Gasteiger partial charge in [-0.05, 0) is 52.1 Å². The lowest BCUT2D eigenvalue weighted by atomic mass is 9.82. The maximum Gasteiger partial charge on any atom is 0.411 e. The SMILES string of the molecule is CCC(C)(C)c1ccc(NC(=O)OC)c(I)c1. The third kappa shape index (κ3) is 3.59. The lowest BCUT2D eigenvalue weighted by Crippen LogP contribution is -2.17. The summed E-state index contributed by atoms with van der Waals surface area (Å²) in [5.41, 5.74) is 2.22. The molecule has 0 fully saturated rings. The molecule has 0 aliphatic rings. The van der Waals surface area contributed by atoms with Crippen LogP contribution >= 0.6 is 22.6 Å². The Morgan fingerprint density at radius 2 is 2.12 bits per heavy atom. The van der Waals surface area contributed by atoms with Gasteiger partial charge in [-0.2, -0.15) is 0 Å². The molecule has 0 bridgehead atoms. The summed E-state index contributed by atoms with van der Waals surface area (Å²) in [5, 5.41) is 2.69. The molecule has 1 aromatic rings. The molecule has 0 unspecified atom stereocenters. The summed E-state index contributed by atoms with van der Waals surface area (Å²) in [6.45, 7) is 6.60. The highest BCUT2D eigenvalue weighted by atomic mass is 127. The number of carbonyl (C=O) groups is 1. The number of halogens is 1. The molecule has 0 aromatic heterocycles. The normalized spacial score (nSPS) is 11.1. The molecule has 1 rings (SSSR count). The molecule has 0 saturated heterocycles. The van der Waals surface area contributed by atoms with Crippen LogP contribution in [0.15, 0.2) is 18.2 Å². The number of hydrogen-bond acceptors (Lipinski definition) is 2. The van der Waals surface area contributed by atoms with Gasteiger partial charge in [-0.1, -0.05) is 26.8 Å². The monoisotopic (exact) mass is 347 g/mol. The number of carbonyl (C=O) groups excluding carboxylic acids is 1. The highest BCUT2D eigenvalue weighted by molar-refractivity contribution is 14.1. The summed E-state index contributed by atoms with van der Waals surface area (Å²) >= 11 is 2.22. The van der Waals surface area contributed by atoms with Gasteiger partial charge in [-0.3, -0.25) is 5.32 Å². The molecule has 0 spiro atoms. The van der Waals surface area contributed by atoms with Crippen molar-refractivity contribution in [1.82, 2.24) is 0 Å². The summed E-state index contributed by atoms with van der Waals surface area (Å²) in [6.07, 6.45) is 0.637. The molecule has 4 heteroatoms. The third-order valence-electron chi connectivity index (χ3n) is 3.06. The zero-order valence-corrected chi connectivity index (χ0v) is 12.8. The molecule has 0 aliphatic heterocycles. The summed E-state index contributed by atoms with van der Waals surface area (Å²) < 4.78 is 5.59. The number of nitrogens with one attached hydrogen (secondary N) is 1. The first-order chi connectivity index (χ1) is 7.90. The minimum Gasteiger partial charge on any atom is -0.453 e. The van der Waals surface area contributed by atoms with E-state index >= 15 is 0 Å². The van der Waals surface area contributed by atoms with E-state index < -0.39 is 6.09 Å². The van der Waals surface area contributed by atoms with Gasteiger partial charge in [-0.25, -0.2) is 4.79 Å². The number of methoxy groups -OCH3 is 1. The quantitative estimate of drug-likeness (QED) is 0.834. The smallest absolute Gasteiger partial charge is 0.411 e. The van der Waals surface area contributed by atoms with Crippen LogP contribution in [0.1, 0.15) is 32.8 Å². The Bertz CT molecular complexity index is 416. The summed E-state index contributed by atoms with van der Waals surface area (Å²) in [5.74, 6) is 0. The van der Waals surface area contributed by atoms with Crippen LogP contribution < -0.4 is 5.32 Å². The van der Waals surface area contributed by atoms with E-state index in [1.165, 1.54) is 12.7 Å². The molecule has 3 nitrogen and oxygen atoms in total. The van der Waals surface area contributed by atoms with Crippen LogP contribution in [-0.4, -0.2) is 13.2 Å². The van der Waals surface area contributed by atoms with Gasteiger partial charge in [0.25, 0.3) is 0 Å². The van der Waals surface area contributed by atoms with Gasteiger partial charge in [0.2, 0.25) is 0 Å². The predicted molar refractivity (Wildman–Crippen MR) is 78.5 cm³/mol. The lowest BCUT2D eigenvalue weighted by Gasteiger charge is -2.24. The van der Waals surface area contributed by atoms with Crippen LogP contribution in [0.25, 0.3) is 0 Å². The third-order valence-corrected chi connectivity index (χ3v) is 3.95. The Morgan fingerprint density at radius 3 is 2.59 bits per heavy atom. The van der Waals surface area contributed by atoms with Gasteiger partial charge >= 0.3 is 6.09 Å². The largest absolute Gasteiger partial charge is 0.453 e. The number of rotatable bonds is 3. The Morgan fingerprint density at radius 1 is 1.47 bits per heavy atom. The molecule has 94 valence electrons. The van der Waals surface area contributed by atoms with Gasteiger partial charge < -0.3 is 4.74 Å². The van der Waals surface area contributed by atoms with E-state index in [9.17, 15) is 4.79 Å². The first kappa shape index (κ1) is 14.3. The van der Waals surface area contributed by atoms with Gasteiger partial charge in [0.15, 0.2) is 0 Å². The van der Waals surface area contributed by atoms with Crippen LogP contribution in [-0.2, 0) is 10.2 Å². The fourth-order valence-corrected chi connectivity index (χ4v) is 2.05. The van der Waals surface area contributed by atoms with Crippen molar-refractivity contribution in [3.63, 3.8) is 0 Å².